The van der Waals surface area contributed by atoms with Crippen LogP contribution in [0.5, 0.6) is 0 Å². The van der Waals surface area contributed by atoms with Crippen LogP contribution in [0.1, 0.15) is 6.42 Å². The number of rotatable bonds is 4. The highest BCUT2D eigenvalue weighted by Crippen LogP contribution is 1.85. The van der Waals surface area contributed by atoms with Crippen LogP contribution < -0.4 is 5.32 Å². The molecule has 0 fully saturated rings. The molecule has 0 aromatic heterocycles. The lowest BCUT2D eigenvalue weighted by Gasteiger charge is -2.00. The maximum Gasteiger partial charge on any atom is 0.406 e. The first-order valence-corrected chi connectivity index (χ1v) is 6.04. The molecule has 0 atom stereocenters. The number of amides is 1. The number of hydrogen-bond acceptors (Lipinski definition) is 2. The second-order valence-corrected chi connectivity index (χ2v) is 3.83. The molecule has 0 heterocycles. The Morgan fingerprint density at radius 1 is 1.70 bits per heavy atom. The van der Waals surface area contributed by atoms with Crippen LogP contribution in [0.2, 0.25) is 12.6 Å². The van der Waals surface area contributed by atoms with E-state index in [0.29, 0.717) is 0 Å². The van der Waals surface area contributed by atoms with E-state index in [4.69, 9.17) is 0 Å². The van der Waals surface area contributed by atoms with Crippen LogP contribution in [0.3, 0.4) is 0 Å². The molecule has 1 N–H and O–H groups in total. The van der Waals surface area contributed by atoms with Gasteiger partial charge in [0.05, 0.1) is 7.11 Å². The van der Waals surface area contributed by atoms with Gasteiger partial charge in [0.2, 0.25) is 0 Å². The van der Waals surface area contributed by atoms with Crippen LogP contribution >= 0.6 is 0 Å². The molecular formula is C6H15NO2Si. The standard InChI is InChI=1S/C6H15NO2Si/c1-9-6(8)7-4-3-5-10-2/h3-5,10H2,1-2H3,(H,7,8). The minimum absolute atomic E-state index is 0.171. The number of carbonyl (C=O) groups excluding carboxylic acids is 1. The monoisotopic (exact) mass is 161 g/mol. The maximum absolute atomic E-state index is 10.5. The average molecular weight is 161 g/mol. The Labute approximate surface area is 64.0 Å². The van der Waals surface area contributed by atoms with Gasteiger partial charge in [-0.15, -0.1) is 0 Å². The Morgan fingerprint density at radius 3 is 2.90 bits per heavy atom. The quantitative estimate of drug-likeness (QED) is 0.478. The van der Waals surface area contributed by atoms with Gasteiger partial charge >= 0.3 is 6.09 Å². The van der Waals surface area contributed by atoms with Crippen molar-refractivity contribution < 1.29 is 9.53 Å². The molecule has 0 bridgehead atoms. The van der Waals surface area contributed by atoms with Crippen molar-refractivity contribution in [3.63, 3.8) is 0 Å². The summed E-state index contributed by atoms with van der Waals surface area (Å²) in [5.41, 5.74) is 0. The van der Waals surface area contributed by atoms with Crippen LogP contribution in [0.25, 0.3) is 0 Å². The van der Waals surface area contributed by atoms with Crippen LogP contribution in [0.15, 0.2) is 0 Å². The van der Waals surface area contributed by atoms with Gasteiger partial charge in [0.25, 0.3) is 0 Å². The number of nitrogens with one attached hydrogen (secondary N) is 1. The number of alkyl carbamates (subject to hydrolysis) is 1. The molecule has 0 aromatic carbocycles. The second-order valence-electron chi connectivity index (χ2n) is 2.13. The van der Waals surface area contributed by atoms with Crippen molar-refractivity contribution in [3.05, 3.63) is 0 Å². The fourth-order valence-corrected chi connectivity index (χ4v) is 1.39. The first-order chi connectivity index (χ1) is 4.81. The Bertz CT molecular complexity index is 97.7. The van der Waals surface area contributed by atoms with Crippen molar-refractivity contribution in [2.45, 2.75) is 19.0 Å². The number of hydrogen-bond donors (Lipinski definition) is 1. The SMILES string of the molecule is COC(=O)NCCC[SiH2]C. The van der Waals surface area contributed by atoms with Gasteiger partial charge in [-0.1, -0.05) is 12.6 Å². The zero-order valence-corrected chi connectivity index (χ0v) is 8.06. The van der Waals surface area contributed by atoms with Crippen LogP contribution in [0.4, 0.5) is 4.79 Å². The summed E-state index contributed by atoms with van der Waals surface area (Å²) in [6, 6.07) is 1.30. The summed E-state index contributed by atoms with van der Waals surface area (Å²) in [5, 5.41) is 2.63. The van der Waals surface area contributed by atoms with E-state index in [1.165, 1.54) is 13.2 Å². The average Bonchev–Trinajstić information content (AvgIpc) is 1.98. The van der Waals surface area contributed by atoms with Crippen molar-refractivity contribution in [2.24, 2.45) is 0 Å². The topological polar surface area (TPSA) is 38.3 Å². The van der Waals surface area contributed by atoms with Crippen LogP contribution in [0, 0.1) is 0 Å². The molecule has 3 nitrogen and oxygen atoms in total. The summed E-state index contributed by atoms with van der Waals surface area (Å²) in [5.74, 6) is 0. The molecule has 0 saturated carbocycles. The zero-order chi connectivity index (χ0) is 7.82. The van der Waals surface area contributed by atoms with E-state index >= 15 is 0 Å². The highest BCUT2D eigenvalue weighted by atomic mass is 28.2. The Balaban J connectivity index is 2.96. The van der Waals surface area contributed by atoms with E-state index in [0.717, 1.165) is 13.0 Å². The summed E-state index contributed by atoms with van der Waals surface area (Å²) in [6.45, 7) is 3.02. The van der Waals surface area contributed by atoms with Gasteiger partial charge in [-0.05, 0) is 6.42 Å². The van der Waals surface area contributed by atoms with Crippen molar-refractivity contribution in [3.8, 4) is 0 Å². The Hall–Kier alpha value is -0.513. The van der Waals surface area contributed by atoms with Gasteiger partial charge in [0, 0.05) is 16.1 Å². The van der Waals surface area contributed by atoms with E-state index in [2.05, 4.69) is 16.6 Å². The minimum atomic E-state index is -0.322. The predicted molar refractivity (Wildman–Crippen MR) is 44.2 cm³/mol. The third-order valence-electron chi connectivity index (χ3n) is 1.24. The number of carbonyl (C=O) groups is 1. The molecule has 0 radical (unpaired) electrons. The Kier molecular flexibility index (Phi) is 6.27. The van der Waals surface area contributed by atoms with Gasteiger partial charge in [0.15, 0.2) is 0 Å². The number of methoxy groups -OCH3 is 1. The summed E-state index contributed by atoms with van der Waals surface area (Å²) < 4.78 is 4.39. The molecule has 4 heteroatoms. The van der Waals surface area contributed by atoms with E-state index in [9.17, 15) is 4.79 Å². The van der Waals surface area contributed by atoms with E-state index < -0.39 is 0 Å². The molecule has 0 aliphatic carbocycles. The van der Waals surface area contributed by atoms with Crippen LogP contribution in [-0.2, 0) is 4.74 Å². The fourth-order valence-electron chi connectivity index (χ4n) is 0.638. The molecule has 0 aromatic rings. The molecule has 0 rings (SSSR count). The van der Waals surface area contributed by atoms with Crippen LogP contribution in [-0.4, -0.2) is 29.3 Å². The molecule has 60 valence electrons. The third-order valence-corrected chi connectivity index (χ3v) is 2.44. The van der Waals surface area contributed by atoms with Crippen molar-refractivity contribution in [1.29, 1.82) is 0 Å². The lowest BCUT2D eigenvalue weighted by molar-refractivity contribution is 0.171. The summed E-state index contributed by atoms with van der Waals surface area (Å²) in [7, 11) is 1.55. The second kappa shape index (κ2) is 6.60. The normalized spacial score (nSPS) is 10.2. The minimum Gasteiger partial charge on any atom is -0.453 e. The van der Waals surface area contributed by atoms with Gasteiger partial charge in [0.1, 0.15) is 0 Å². The first kappa shape index (κ1) is 9.49. The number of ether oxygens (including phenoxy) is 1. The lowest BCUT2D eigenvalue weighted by Crippen LogP contribution is -2.23. The van der Waals surface area contributed by atoms with Crippen molar-refractivity contribution in [1.82, 2.24) is 5.32 Å². The first-order valence-electron chi connectivity index (χ1n) is 3.63. The van der Waals surface area contributed by atoms with Gasteiger partial charge in [-0.3, -0.25) is 0 Å². The van der Waals surface area contributed by atoms with Gasteiger partial charge < -0.3 is 10.1 Å². The molecule has 0 aliphatic heterocycles. The van der Waals surface area contributed by atoms with Gasteiger partial charge in [-0.25, -0.2) is 4.79 Å². The highest BCUT2D eigenvalue weighted by Gasteiger charge is 1.94. The maximum atomic E-state index is 10.5. The van der Waals surface area contributed by atoms with E-state index in [1.807, 2.05) is 0 Å². The molecule has 0 saturated heterocycles. The summed E-state index contributed by atoms with van der Waals surface area (Å²) in [4.78, 5) is 10.5. The molecule has 0 aliphatic rings. The zero-order valence-electron chi connectivity index (χ0n) is 6.64. The smallest absolute Gasteiger partial charge is 0.406 e. The molecule has 0 unspecified atom stereocenters. The fraction of sp³-hybridized carbons (Fsp3) is 0.833. The van der Waals surface area contributed by atoms with E-state index in [1.54, 1.807) is 0 Å². The largest absolute Gasteiger partial charge is 0.453 e. The van der Waals surface area contributed by atoms with E-state index in [-0.39, 0.29) is 15.6 Å². The Morgan fingerprint density at radius 2 is 2.40 bits per heavy atom. The highest BCUT2D eigenvalue weighted by molar-refractivity contribution is 6.33. The van der Waals surface area contributed by atoms with Crippen molar-refractivity contribution >= 4 is 15.6 Å². The molecule has 0 spiro atoms. The van der Waals surface area contributed by atoms with Crippen molar-refractivity contribution in [2.75, 3.05) is 13.7 Å². The molecule has 10 heavy (non-hydrogen) atoms. The molecule has 1 amide bonds. The molecular weight excluding hydrogens is 146 g/mol. The summed E-state index contributed by atoms with van der Waals surface area (Å²) in [6.07, 6.45) is 0.774. The third kappa shape index (κ3) is 5.62. The predicted octanol–water partition coefficient (Wildman–Crippen LogP) is 0.368. The summed E-state index contributed by atoms with van der Waals surface area (Å²) >= 11 is 0. The van der Waals surface area contributed by atoms with Gasteiger partial charge in [-0.2, -0.15) is 0 Å². The lowest BCUT2D eigenvalue weighted by atomic mass is 10.5.